The molecule has 250 valence electrons. The Labute approximate surface area is 271 Å². The maximum atomic E-state index is 13.2. The number of fused-ring (bicyclic) bond motifs is 2. The van der Waals surface area contributed by atoms with Gasteiger partial charge in [-0.25, -0.2) is 9.78 Å². The molecule has 0 spiro atoms. The lowest BCUT2D eigenvalue weighted by Gasteiger charge is -2.27. The third-order valence-electron chi connectivity index (χ3n) is 8.61. The van der Waals surface area contributed by atoms with E-state index in [1.807, 2.05) is 0 Å². The molecule has 1 unspecified atom stereocenters. The molecular formula is C31H33N9O8. The van der Waals surface area contributed by atoms with E-state index in [1.165, 1.54) is 16.7 Å². The van der Waals surface area contributed by atoms with Gasteiger partial charge in [-0.15, -0.1) is 0 Å². The summed E-state index contributed by atoms with van der Waals surface area (Å²) in [6, 6.07) is 4.78. The highest BCUT2D eigenvalue weighted by Crippen LogP contribution is 2.35. The van der Waals surface area contributed by atoms with Crippen molar-refractivity contribution >= 4 is 58.0 Å². The Morgan fingerprint density at radius 2 is 1.73 bits per heavy atom. The van der Waals surface area contributed by atoms with E-state index in [-0.39, 0.29) is 59.0 Å². The predicted octanol–water partition coefficient (Wildman–Crippen LogP) is -0.626. The van der Waals surface area contributed by atoms with Crippen LogP contribution in [0.2, 0.25) is 0 Å². The molecule has 1 saturated heterocycles. The number of nitrogens with one attached hydrogen (secondary N) is 3. The number of nitrogens with two attached hydrogens (primary N) is 2. The van der Waals surface area contributed by atoms with Gasteiger partial charge in [0.05, 0.1) is 22.1 Å². The van der Waals surface area contributed by atoms with Crippen LogP contribution in [-0.2, 0) is 20.9 Å². The molecule has 1 aliphatic carbocycles. The zero-order valence-electron chi connectivity index (χ0n) is 25.7. The number of aromatic nitrogens is 3. The fourth-order valence-corrected chi connectivity index (χ4v) is 6.05. The number of piperidine rings is 1. The predicted molar refractivity (Wildman–Crippen MR) is 170 cm³/mol. The molecule has 1 atom stereocenters. The van der Waals surface area contributed by atoms with Crippen LogP contribution in [0.3, 0.4) is 0 Å². The largest absolute Gasteiger partial charge is 0.384 e. The summed E-state index contributed by atoms with van der Waals surface area (Å²) in [7, 11) is 0. The molecule has 2 aromatic heterocycles. The van der Waals surface area contributed by atoms with Crippen molar-refractivity contribution in [1.29, 1.82) is 0 Å². The van der Waals surface area contributed by atoms with Crippen molar-refractivity contribution in [3.8, 4) is 0 Å². The van der Waals surface area contributed by atoms with Gasteiger partial charge >= 0.3 is 5.69 Å². The van der Waals surface area contributed by atoms with Crippen molar-refractivity contribution in [3.63, 3.8) is 0 Å². The van der Waals surface area contributed by atoms with Gasteiger partial charge in [0.25, 0.3) is 23.3 Å². The molecule has 2 aliphatic heterocycles. The minimum atomic E-state index is -1.05. The topological polar surface area (TPSA) is 251 Å². The maximum Gasteiger partial charge on any atom is 0.333 e. The lowest BCUT2D eigenvalue weighted by molar-refractivity contribution is -0.136. The first-order valence-corrected chi connectivity index (χ1v) is 15.6. The number of carbonyl (C=O) groups excluding carboxylic acids is 6. The molecule has 0 radical (unpaired) electrons. The highest BCUT2D eigenvalue weighted by Gasteiger charge is 2.45. The smallest absolute Gasteiger partial charge is 0.333 e. The molecule has 48 heavy (non-hydrogen) atoms. The standard InChI is InChI=1S/C31H33N9O8/c32-24-17(25(33)43)13-18-26(37-24)39(15-7-8-15)31(48)38(28(18)45)14-22(42)35-12-3-1-2-11-34-19-6-4-5-16-23(19)30(47)40(29(16)46)20-9-10-21(41)36-27(20)44/h4-6,13,15,20,34H,1-3,7-12,14H2,(H2,32,37)(H2,33,43)(H,35,42)(H,36,41,44). The normalized spacial score (nSPS) is 17.4. The summed E-state index contributed by atoms with van der Waals surface area (Å²) in [4.78, 5) is 106. The lowest BCUT2D eigenvalue weighted by atomic mass is 10.0. The Kier molecular flexibility index (Phi) is 8.51. The van der Waals surface area contributed by atoms with E-state index < -0.39 is 59.3 Å². The average molecular weight is 660 g/mol. The van der Waals surface area contributed by atoms with E-state index in [9.17, 15) is 38.4 Å². The number of benzene rings is 1. The van der Waals surface area contributed by atoms with Crippen molar-refractivity contribution in [2.75, 3.05) is 24.1 Å². The van der Waals surface area contributed by atoms with Gasteiger partial charge in [-0.2, -0.15) is 0 Å². The summed E-state index contributed by atoms with van der Waals surface area (Å²) in [5, 5.41) is 8.02. The summed E-state index contributed by atoms with van der Waals surface area (Å²) in [5.74, 6) is -3.92. The van der Waals surface area contributed by atoms with Gasteiger partial charge in [0.2, 0.25) is 17.7 Å². The molecule has 17 nitrogen and oxygen atoms in total. The summed E-state index contributed by atoms with van der Waals surface area (Å²) in [5.41, 5.74) is 10.4. The van der Waals surface area contributed by atoms with E-state index >= 15 is 0 Å². The first-order chi connectivity index (χ1) is 23.0. The van der Waals surface area contributed by atoms with Gasteiger partial charge in [-0.1, -0.05) is 6.07 Å². The van der Waals surface area contributed by atoms with Gasteiger partial charge in [-0.3, -0.25) is 52.9 Å². The van der Waals surface area contributed by atoms with Crippen molar-refractivity contribution < 1.29 is 28.8 Å². The quantitative estimate of drug-likeness (QED) is 0.121. The minimum Gasteiger partial charge on any atom is -0.384 e. The minimum absolute atomic E-state index is 0.0320. The van der Waals surface area contributed by atoms with Gasteiger partial charge < -0.3 is 22.1 Å². The second-order valence-corrected chi connectivity index (χ2v) is 11.9. The number of pyridine rings is 1. The van der Waals surface area contributed by atoms with E-state index in [1.54, 1.807) is 12.1 Å². The van der Waals surface area contributed by atoms with Crippen LogP contribution in [0, 0.1) is 0 Å². The number of amides is 6. The SMILES string of the molecule is NC(=O)c1cc2c(=O)n(CC(=O)NCCCCCNc3cccc4c3C(=O)N(C3CCC(=O)NC3=O)C4=O)c(=O)n(C3CC3)c2nc1N. The van der Waals surface area contributed by atoms with Gasteiger partial charge in [-0.05, 0) is 56.7 Å². The lowest BCUT2D eigenvalue weighted by Crippen LogP contribution is -2.54. The molecule has 2 fully saturated rings. The van der Waals surface area contributed by atoms with Crippen LogP contribution >= 0.6 is 0 Å². The van der Waals surface area contributed by atoms with Crippen LogP contribution in [0.1, 0.15) is 82.1 Å². The second kappa shape index (κ2) is 12.7. The highest BCUT2D eigenvalue weighted by molar-refractivity contribution is 6.25. The van der Waals surface area contributed by atoms with E-state index in [2.05, 4.69) is 20.9 Å². The van der Waals surface area contributed by atoms with E-state index in [0.29, 0.717) is 44.3 Å². The summed E-state index contributed by atoms with van der Waals surface area (Å²) < 4.78 is 2.14. The number of imide groups is 2. The van der Waals surface area contributed by atoms with Crippen molar-refractivity contribution in [2.45, 2.75) is 63.6 Å². The number of hydrogen-bond donors (Lipinski definition) is 5. The number of rotatable bonds is 12. The summed E-state index contributed by atoms with van der Waals surface area (Å²) in [6.07, 6.45) is 3.37. The molecule has 0 bridgehead atoms. The average Bonchev–Trinajstić information content (AvgIpc) is 3.84. The molecule has 7 N–H and O–H groups in total. The van der Waals surface area contributed by atoms with Crippen molar-refractivity contribution in [1.82, 2.24) is 29.7 Å². The zero-order valence-corrected chi connectivity index (χ0v) is 25.7. The first-order valence-electron chi connectivity index (χ1n) is 15.6. The molecule has 1 aromatic carbocycles. The molecule has 1 saturated carbocycles. The number of hydrogen-bond acceptors (Lipinski definition) is 11. The molecule has 17 heteroatoms. The fourth-order valence-electron chi connectivity index (χ4n) is 6.05. The van der Waals surface area contributed by atoms with E-state index in [0.717, 1.165) is 9.47 Å². The van der Waals surface area contributed by atoms with Crippen LogP contribution < -0.4 is 38.7 Å². The molecule has 3 aromatic rings. The maximum absolute atomic E-state index is 13.2. The van der Waals surface area contributed by atoms with Crippen molar-refractivity contribution in [2.24, 2.45) is 5.73 Å². The third-order valence-corrected chi connectivity index (χ3v) is 8.61. The Hall–Kier alpha value is -5.87. The number of nitrogens with zero attached hydrogens (tertiary/aromatic N) is 4. The summed E-state index contributed by atoms with van der Waals surface area (Å²) in [6.45, 7) is 0.194. The highest BCUT2D eigenvalue weighted by atomic mass is 16.2. The van der Waals surface area contributed by atoms with E-state index in [4.69, 9.17) is 11.5 Å². The number of anilines is 2. The van der Waals surface area contributed by atoms with Crippen LogP contribution in [0.5, 0.6) is 0 Å². The third kappa shape index (κ3) is 5.89. The number of unbranched alkanes of at least 4 members (excludes halogenated alkanes) is 2. The van der Waals surface area contributed by atoms with Gasteiger partial charge in [0.15, 0.2) is 5.65 Å². The number of primary amides is 1. The van der Waals surface area contributed by atoms with Crippen LogP contribution in [0.4, 0.5) is 11.5 Å². The Morgan fingerprint density at radius 3 is 2.44 bits per heavy atom. The molecule has 6 amide bonds. The molecule has 6 rings (SSSR count). The first kappa shape index (κ1) is 32.1. The monoisotopic (exact) mass is 659 g/mol. The van der Waals surface area contributed by atoms with Crippen molar-refractivity contribution in [3.05, 3.63) is 61.8 Å². The Balaban J connectivity index is 1.02. The van der Waals surface area contributed by atoms with Crippen LogP contribution in [-0.4, -0.2) is 73.6 Å². The Bertz CT molecular complexity index is 2030. The van der Waals surface area contributed by atoms with Gasteiger partial charge in [0, 0.05) is 31.2 Å². The van der Waals surface area contributed by atoms with Gasteiger partial charge in [0.1, 0.15) is 18.4 Å². The zero-order chi connectivity index (χ0) is 34.3. The van der Waals surface area contributed by atoms with Crippen LogP contribution in [0.15, 0.2) is 33.9 Å². The molecule has 4 heterocycles. The Morgan fingerprint density at radius 1 is 0.979 bits per heavy atom. The molecule has 3 aliphatic rings. The summed E-state index contributed by atoms with van der Waals surface area (Å²) >= 11 is 0. The molecular weight excluding hydrogens is 626 g/mol. The van der Waals surface area contributed by atoms with Crippen LogP contribution in [0.25, 0.3) is 11.0 Å². The second-order valence-electron chi connectivity index (χ2n) is 11.9. The number of nitrogen functional groups attached to an aromatic ring is 1. The number of carbonyl (C=O) groups is 6. The fraction of sp³-hybridized carbons (Fsp3) is 0.387.